The number of benzene rings is 10. The standard InChI is InChI=1S/C61H41NO/c1-4-16-42(17-5-1)43-30-32-44(33-31-43)46-18-14-23-51(40-46)62(50-37-34-45(35-38-50)47-36-39-53-52-24-11-13-29-58(52)63-59(53)41-47)57-28-15-27-56-60(57)54-25-10-12-26-55(54)61(56,48-19-6-2-7-20-48)49-21-8-3-9-22-49/h1-41H. The first-order chi connectivity index (χ1) is 31.2. The van der Waals surface area contributed by atoms with Crippen molar-refractivity contribution < 1.29 is 4.42 Å². The minimum atomic E-state index is -0.516. The minimum absolute atomic E-state index is 0.516. The van der Waals surface area contributed by atoms with Crippen molar-refractivity contribution in [3.05, 3.63) is 271 Å². The maximum Gasteiger partial charge on any atom is 0.136 e. The van der Waals surface area contributed by atoms with Crippen LogP contribution >= 0.6 is 0 Å². The highest BCUT2D eigenvalue weighted by atomic mass is 16.3. The van der Waals surface area contributed by atoms with Gasteiger partial charge >= 0.3 is 0 Å². The molecular weight excluding hydrogens is 763 g/mol. The summed E-state index contributed by atoms with van der Waals surface area (Å²) in [7, 11) is 0. The highest BCUT2D eigenvalue weighted by molar-refractivity contribution is 6.06. The van der Waals surface area contributed by atoms with Gasteiger partial charge in [-0.3, -0.25) is 0 Å². The molecule has 0 atom stereocenters. The number of hydrogen-bond acceptors (Lipinski definition) is 2. The third-order valence-electron chi connectivity index (χ3n) is 13.0. The highest BCUT2D eigenvalue weighted by Crippen LogP contribution is 2.59. The second-order valence-corrected chi connectivity index (χ2v) is 16.4. The number of nitrogens with zero attached hydrogens (tertiary/aromatic N) is 1. The van der Waals surface area contributed by atoms with E-state index in [1.165, 1.54) is 50.1 Å². The number of fused-ring (bicyclic) bond motifs is 6. The fraction of sp³-hybridized carbons (Fsp3) is 0.0164. The van der Waals surface area contributed by atoms with Gasteiger partial charge in [-0.15, -0.1) is 0 Å². The van der Waals surface area contributed by atoms with E-state index in [1.807, 2.05) is 12.1 Å². The largest absolute Gasteiger partial charge is 0.456 e. The number of anilines is 3. The lowest BCUT2D eigenvalue weighted by atomic mass is 9.68. The third-order valence-corrected chi connectivity index (χ3v) is 13.0. The van der Waals surface area contributed by atoms with Gasteiger partial charge in [0.2, 0.25) is 0 Å². The molecule has 1 aliphatic rings. The predicted molar refractivity (Wildman–Crippen MR) is 262 cm³/mol. The molecule has 0 amide bonds. The van der Waals surface area contributed by atoms with E-state index in [0.717, 1.165) is 55.7 Å². The van der Waals surface area contributed by atoms with Gasteiger partial charge in [0.05, 0.1) is 11.1 Å². The van der Waals surface area contributed by atoms with Crippen LogP contribution in [-0.2, 0) is 5.41 Å². The second-order valence-electron chi connectivity index (χ2n) is 16.4. The summed E-state index contributed by atoms with van der Waals surface area (Å²) in [5.41, 5.74) is 19.1. The van der Waals surface area contributed by atoms with Crippen molar-refractivity contribution in [2.24, 2.45) is 0 Å². The Morgan fingerprint density at radius 1 is 0.317 bits per heavy atom. The molecule has 10 aromatic carbocycles. The molecule has 0 N–H and O–H groups in total. The summed E-state index contributed by atoms with van der Waals surface area (Å²) in [6.07, 6.45) is 0. The SMILES string of the molecule is c1ccc(-c2ccc(-c3cccc(N(c4ccc(-c5ccc6c(c5)oc5ccccc56)cc4)c4cccc5c4-c4ccccc4C5(c4ccccc4)c4ccccc4)c3)cc2)cc1. The Kier molecular flexibility index (Phi) is 8.76. The average Bonchev–Trinajstić information content (AvgIpc) is 3.89. The quantitative estimate of drug-likeness (QED) is 0.152. The number of furan rings is 1. The predicted octanol–water partition coefficient (Wildman–Crippen LogP) is 16.4. The molecule has 0 bridgehead atoms. The van der Waals surface area contributed by atoms with Gasteiger partial charge in [-0.05, 0) is 110 Å². The maximum absolute atomic E-state index is 6.31. The summed E-state index contributed by atoms with van der Waals surface area (Å²) in [4.78, 5) is 2.45. The Bertz CT molecular complexity index is 3380. The van der Waals surface area contributed by atoms with Gasteiger partial charge in [0.15, 0.2) is 0 Å². The van der Waals surface area contributed by atoms with Crippen LogP contribution in [0.3, 0.4) is 0 Å². The Hall–Kier alpha value is -8.20. The molecule has 0 fully saturated rings. The van der Waals surface area contributed by atoms with Crippen molar-refractivity contribution in [1.82, 2.24) is 0 Å². The van der Waals surface area contributed by atoms with Crippen LogP contribution in [0.15, 0.2) is 253 Å². The van der Waals surface area contributed by atoms with Crippen molar-refractivity contribution in [2.45, 2.75) is 5.41 Å². The lowest BCUT2D eigenvalue weighted by molar-refractivity contribution is 0.669. The van der Waals surface area contributed by atoms with Crippen molar-refractivity contribution in [2.75, 3.05) is 4.90 Å². The first-order valence-electron chi connectivity index (χ1n) is 21.7. The van der Waals surface area contributed by atoms with Gasteiger partial charge in [0.1, 0.15) is 11.2 Å². The Morgan fingerprint density at radius 2 is 0.825 bits per heavy atom. The van der Waals surface area contributed by atoms with Gasteiger partial charge < -0.3 is 9.32 Å². The molecule has 296 valence electrons. The van der Waals surface area contributed by atoms with Gasteiger partial charge in [0.25, 0.3) is 0 Å². The summed E-state index contributed by atoms with van der Waals surface area (Å²) in [6.45, 7) is 0. The van der Waals surface area contributed by atoms with Crippen LogP contribution in [0, 0.1) is 0 Å². The Labute approximate surface area is 367 Å². The lowest BCUT2D eigenvalue weighted by Gasteiger charge is -2.34. The molecular formula is C61H41NO. The number of hydrogen-bond donors (Lipinski definition) is 0. The molecule has 2 nitrogen and oxygen atoms in total. The Balaban J connectivity index is 1.04. The monoisotopic (exact) mass is 803 g/mol. The molecule has 0 saturated heterocycles. The van der Waals surface area contributed by atoms with Crippen LogP contribution in [0.5, 0.6) is 0 Å². The summed E-state index contributed by atoms with van der Waals surface area (Å²) in [6, 6.07) is 90.3. The minimum Gasteiger partial charge on any atom is -0.456 e. The Morgan fingerprint density at radius 3 is 1.56 bits per heavy atom. The molecule has 1 aliphatic carbocycles. The molecule has 2 heteroatoms. The molecule has 1 heterocycles. The summed E-state index contributed by atoms with van der Waals surface area (Å²) in [5, 5.41) is 2.27. The summed E-state index contributed by atoms with van der Waals surface area (Å²) in [5.74, 6) is 0. The number of para-hydroxylation sites is 1. The van der Waals surface area contributed by atoms with E-state index in [0.29, 0.717) is 0 Å². The molecule has 0 aliphatic heterocycles. The van der Waals surface area contributed by atoms with E-state index >= 15 is 0 Å². The van der Waals surface area contributed by atoms with Crippen molar-refractivity contribution in [3.8, 4) is 44.5 Å². The zero-order chi connectivity index (χ0) is 41.7. The van der Waals surface area contributed by atoms with Crippen LogP contribution in [0.1, 0.15) is 22.3 Å². The average molecular weight is 804 g/mol. The smallest absolute Gasteiger partial charge is 0.136 e. The molecule has 1 aromatic heterocycles. The van der Waals surface area contributed by atoms with E-state index in [1.54, 1.807) is 0 Å². The molecule has 11 aromatic rings. The first kappa shape index (κ1) is 36.6. The van der Waals surface area contributed by atoms with Gasteiger partial charge in [0, 0.05) is 27.7 Å². The van der Waals surface area contributed by atoms with Crippen molar-refractivity contribution >= 4 is 39.0 Å². The lowest BCUT2D eigenvalue weighted by Crippen LogP contribution is -2.28. The molecule has 63 heavy (non-hydrogen) atoms. The first-order valence-corrected chi connectivity index (χ1v) is 21.7. The van der Waals surface area contributed by atoms with Crippen LogP contribution in [-0.4, -0.2) is 0 Å². The molecule has 0 radical (unpaired) electrons. The highest BCUT2D eigenvalue weighted by Gasteiger charge is 2.47. The van der Waals surface area contributed by atoms with Crippen LogP contribution in [0.4, 0.5) is 17.1 Å². The fourth-order valence-electron chi connectivity index (χ4n) is 10.1. The summed E-state index contributed by atoms with van der Waals surface area (Å²) < 4.78 is 6.31. The molecule has 12 rings (SSSR count). The third kappa shape index (κ3) is 6.02. The molecule has 0 spiro atoms. The van der Waals surface area contributed by atoms with Gasteiger partial charge in [-0.2, -0.15) is 0 Å². The summed E-state index contributed by atoms with van der Waals surface area (Å²) >= 11 is 0. The zero-order valence-corrected chi connectivity index (χ0v) is 34.5. The van der Waals surface area contributed by atoms with Crippen LogP contribution < -0.4 is 4.90 Å². The van der Waals surface area contributed by atoms with Crippen molar-refractivity contribution in [1.29, 1.82) is 0 Å². The fourth-order valence-corrected chi connectivity index (χ4v) is 10.1. The van der Waals surface area contributed by atoms with E-state index < -0.39 is 5.41 Å². The topological polar surface area (TPSA) is 16.4 Å². The van der Waals surface area contributed by atoms with E-state index in [4.69, 9.17) is 4.42 Å². The maximum atomic E-state index is 6.31. The van der Waals surface area contributed by atoms with Crippen LogP contribution in [0.25, 0.3) is 66.4 Å². The van der Waals surface area contributed by atoms with E-state index in [-0.39, 0.29) is 0 Å². The van der Waals surface area contributed by atoms with Crippen LogP contribution in [0.2, 0.25) is 0 Å². The van der Waals surface area contributed by atoms with Gasteiger partial charge in [-0.1, -0.05) is 200 Å². The van der Waals surface area contributed by atoms with E-state index in [9.17, 15) is 0 Å². The van der Waals surface area contributed by atoms with Gasteiger partial charge in [-0.25, -0.2) is 0 Å². The number of rotatable bonds is 8. The zero-order valence-electron chi connectivity index (χ0n) is 34.5. The van der Waals surface area contributed by atoms with E-state index in [2.05, 4.69) is 241 Å². The van der Waals surface area contributed by atoms with Crippen molar-refractivity contribution in [3.63, 3.8) is 0 Å². The molecule has 0 unspecified atom stereocenters. The second kappa shape index (κ2) is 15.1. The molecule has 0 saturated carbocycles. The normalized spacial score (nSPS) is 12.6.